The fourth-order valence-electron chi connectivity index (χ4n) is 1.73. The van der Waals surface area contributed by atoms with Gasteiger partial charge in [-0.1, -0.05) is 6.07 Å². The van der Waals surface area contributed by atoms with Crippen molar-refractivity contribution < 1.29 is 14.4 Å². The Labute approximate surface area is 109 Å². The SMILES string of the molecule is NC(=O)c1cccc(NC(=O)C2CNC(=O)CN2)c1. The number of rotatable bonds is 3. The molecule has 3 amide bonds. The molecule has 1 fully saturated rings. The first-order valence-corrected chi connectivity index (χ1v) is 5.77. The number of anilines is 1. The third-order valence-electron chi connectivity index (χ3n) is 2.74. The molecule has 0 bridgehead atoms. The molecule has 5 N–H and O–H groups in total. The standard InChI is InChI=1S/C12H14N4O3/c13-11(18)7-2-1-3-8(4-7)16-12(19)9-5-15-10(17)6-14-9/h1-4,9,14H,5-6H2,(H2,13,18)(H,15,17)(H,16,19). The van der Waals surface area contributed by atoms with E-state index in [1.54, 1.807) is 18.2 Å². The number of nitrogens with one attached hydrogen (secondary N) is 3. The number of carbonyl (C=O) groups is 3. The van der Waals surface area contributed by atoms with Gasteiger partial charge in [0, 0.05) is 17.8 Å². The number of hydrogen-bond donors (Lipinski definition) is 4. The average molecular weight is 262 g/mol. The second kappa shape index (κ2) is 5.49. The summed E-state index contributed by atoms with van der Waals surface area (Å²) in [5.41, 5.74) is 5.97. The Morgan fingerprint density at radius 1 is 1.37 bits per heavy atom. The predicted molar refractivity (Wildman–Crippen MR) is 68.4 cm³/mol. The van der Waals surface area contributed by atoms with E-state index in [1.165, 1.54) is 6.07 Å². The minimum atomic E-state index is -0.556. The highest BCUT2D eigenvalue weighted by atomic mass is 16.2. The van der Waals surface area contributed by atoms with Crippen molar-refractivity contribution in [2.75, 3.05) is 18.4 Å². The molecule has 7 nitrogen and oxygen atoms in total. The number of piperazine rings is 1. The second-order valence-corrected chi connectivity index (χ2v) is 4.17. The van der Waals surface area contributed by atoms with Crippen LogP contribution in [0.15, 0.2) is 24.3 Å². The summed E-state index contributed by atoms with van der Waals surface area (Å²) in [6.07, 6.45) is 0. The molecule has 1 aromatic rings. The lowest BCUT2D eigenvalue weighted by molar-refractivity contribution is -0.124. The maximum atomic E-state index is 11.9. The molecule has 1 unspecified atom stereocenters. The van der Waals surface area contributed by atoms with Crippen LogP contribution in [0.4, 0.5) is 5.69 Å². The van der Waals surface area contributed by atoms with Gasteiger partial charge in [0.15, 0.2) is 0 Å². The molecule has 7 heteroatoms. The zero-order valence-electron chi connectivity index (χ0n) is 10.1. The lowest BCUT2D eigenvalue weighted by Gasteiger charge is -2.23. The zero-order valence-corrected chi connectivity index (χ0v) is 10.1. The van der Waals surface area contributed by atoms with Crippen LogP contribution in [0.1, 0.15) is 10.4 Å². The largest absolute Gasteiger partial charge is 0.366 e. The van der Waals surface area contributed by atoms with Gasteiger partial charge in [-0.15, -0.1) is 0 Å². The molecule has 1 aliphatic rings. The van der Waals surface area contributed by atoms with Crippen molar-refractivity contribution in [3.8, 4) is 0 Å². The van der Waals surface area contributed by atoms with Gasteiger partial charge in [0.1, 0.15) is 6.04 Å². The van der Waals surface area contributed by atoms with E-state index in [2.05, 4.69) is 16.0 Å². The van der Waals surface area contributed by atoms with Gasteiger partial charge in [0.2, 0.25) is 17.7 Å². The molecular weight excluding hydrogens is 248 g/mol. The summed E-state index contributed by atoms with van der Waals surface area (Å²) in [6.45, 7) is 0.347. The third kappa shape index (κ3) is 3.29. The van der Waals surface area contributed by atoms with Gasteiger partial charge in [-0.2, -0.15) is 0 Å². The van der Waals surface area contributed by atoms with Gasteiger partial charge in [0.05, 0.1) is 6.54 Å². The smallest absolute Gasteiger partial charge is 0.248 e. The van der Waals surface area contributed by atoms with Gasteiger partial charge < -0.3 is 16.4 Å². The fourth-order valence-corrected chi connectivity index (χ4v) is 1.73. The molecule has 2 rings (SSSR count). The summed E-state index contributed by atoms with van der Waals surface area (Å²) < 4.78 is 0. The van der Waals surface area contributed by atoms with Crippen LogP contribution in [0.2, 0.25) is 0 Å². The van der Waals surface area contributed by atoms with E-state index >= 15 is 0 Å². The molecule has 1 aliphatic heterocycles. The predicted octanol–water partition coefficient (Wildman–Crippen LogP) is -1.19. The molecule has 19 heavy (non-hydrogen) atoms. The maximum absolute atomic E-state index is 11.9. The van der Waals surface area contributed by atoms with Crippen molar-refractivity contribution in [2.45, 2.75) is 6.04 Å². The van der Waals surface area contributed by atoms with Gasteiger partial charge >= 0.3 is 0 Å². The molecule has 0 saturated carbocycles. The molecule has 0 aliphatic carbocycles. The van der Waals surface area contributed by atoms with E-state index in [9.17, 15) is 14.4 Å². The van der Waals surface area contributed by atoms with Gasteiger partial charge in [-0.05, 0) is 18.2 Å². The summed E-state index contributed by atoms with van der Waals surface area (Å²) in [5.74, 6) is -0.972. The Morgan fingerprint density at radius 3 is 2.79 bits per heavy atom. The Bertz CT molecular complexity index is 519. The highest BCUT2D eigenvalue weighted by Crippen LogP contribution is 2.10. The van der Waals surface area contributed by atoms with Crippen molar-refractivity contribution >= 4 is 23.4 Å². The number of hydrogen-bond acceptors (Lipinski definition) is 4. The molecule has 100 valence electrons. The molecule has 1 aromatic carbocycles. The first-order chi connectivity index (χ1) is 9.06. The second-order valence-electron chi connectivity index (χ2n) is 4.17. The molecule has 1 atom stereocenters. The van der Waals surface area contributed by atoms with Crippen molar-refractivity contribution in [1.29, 1.82) is 0 Å². The Hall–Kier alpha value is -2.41. The Balaban J connectivity index is 2.00. The van der Waals surface area contributed by atoms with E-state index < -0.39 is 11.9 Å². The van der Waals surface area contributed by atoms with Crippen LogP contribution in [0, 0.1) is 0 Å². The molecule has 1 heterocycles. The first-order valence-electron chi connectivity index (χ1n) is 5.77. The highest BCUT2D eigenvalue weighted by Gasteiger charge is 2.23. The summed E-state index contributed by atoms with van der Waals surface area (Å²) >= 11 is 0. The van der Waals surface area contributed by atoms with E-state index in [-0.39, 0.29) is 24.9 Å². The van der Waals surface area contributed by atoms with E-state index in [0.29, 0.717) is 11.3 Å². The summed E-state index contributed by atoms with van der Waals surface area (Å²) in [4.78, 5) is 33.9. The number of nitrogens with two attached hydrogens (primary N) is 1. The number of benzene rings is 1. The van der Waals surface area contributed by atoms with E-state index in [0.717, 1.165) is 0 Å². The van der Waals surface area contributed by atoms with Crippen LogP contribution >= 0.6 is 0 Å². The molecule has 0 spiro atoms. The van der Waals surface area contributed by atoms with Gasteiger partial charge in [-0.3, -0.25) is 19.7 Å². The van der Waals surface area contributed by atoms with Crippen LogP contribution < -0.4 is 21.7 Å². The minimum Gasteiger partial charge on any atom is -0.366 e. The number of carbonyl (C=O) groups excluding carboxylic acids is 3. The van der Waals surface area contributed by atoms with Crippen molar-refractivity contribution in [1.82, 2.24) is 10.6 Å². The topological polar surface area (TPSA) is 113 Å². The van der Waals surface area contributed by atoms with Gasteiger partial charge in [0.25, 0.3) is 0 Å². The van der Waals surface area contributed by atoms with Crippen LogP contribution in [-0.2, 0) is 9.59 Å². The van der Waals surface area contributed by atoms with Crippen LogP contribution in [0.5, 0.6) is 0 Å². The number of amides is 3. The Kier molecular flexibility index (Phi) is 3.76. The molecular formula is C12H14N4O3. The number of primary amides is 1. The molecule has 0 radical (unpaired) electrons. The molecule has 0 aromatic heterocycles. The van der Waals surface area contributed by atoms with E-state index in [1.807, 2.05) is 0 Å². The summed E-state index contributed by atoms with van der Waals surface area (Å²) in [5, 5.41) is 8.06. The zero-order chi connectivity index (χ0) is 13.8. The van der Waals surface area contributed by atoms with Crippen LogP contribution in [0.3, 0.4) is 0 Å². The Morgan fingerprint density at radius 2 is 2.16 bits per heavy atom. The fraction of sp³-hybridized carbons (Fsp3) is 0.250. The van der Waals surface area contributed by atoms with Gasteiger partial charge in [-0.25, -0.2) is 0 Å². The first kappa shape index (κ1) is 13.0. The maximum Gasteiger partial charge on any atom is 0.248 e. The normalized spacial score (nSPS) is 18.5. The lowest BCUT2D eigenvalue weighted by atomic mass is 10.1. The van der Waals surface area contributed by atoms with Crippen molar-refractivity contribution in [3.63, 3.8) is 0 Å². The van der Waals surface area contributed by atoms with Crippen molar-refractivity contribution in [3.05, 3.63) is 29.8 Å². The lowest BCUT2D eigenvalue weighted by Crippen LogP contribution is -2.56. The minimum absolute atomic E-state index is 0.111. The van der Waals surface area contributed by atoms with Crippen LogP contribution in [-0.4, -0.2) is 36.9 Å². The molecule has 1 saturated heterocycles. The average Bonchev–Trinajstić information content (AvgIpc) is 2.39. The van der Waals surface area contributed by atoms with Crippen molar-refractivity contribution in [2.24, 2.45) is 5.73 Å². The quantitative estimate of drug-likeness (QED) is 0.548. The van der Waals surface area contributed by atoms with E-state index in [4.69, 9.17) is 5.73 Å². The monoisotopic (exact) mass is 262 g/mol. The summed E-state index contributed by atoms with van der Waals surface area (Å²) in [7, 11) is 0. The van der Waals surface area contributed by atoms with Crippen LogP contribution in [0.25, 0.3) is 0 Å². The third-order valence-corrected chi connectivity index (χ3v) is 2.74. The summed E-state index contributed by atoms with van der Waals surface area (Å²) in [6, 6.07) is 5.87. The highest BCUT2D eigenvalue weighted by molar-refractivity contribution is 5.98.